The SMILES string of the molecule is CCNC(=O)NC(=O)[C@@H](c1ccccc1)[NH+](C)CC(=O)Nc1cccc2ccccc12. The smallest absolute Gasteiger partial charge is 0.321 e. The van der Waals surface area contributed by atoms with E-state index in [0.717, 1.165) is 22.0 Å². The molecule has 160 valence electrons. The highest BCUT2D eigenvalue weighted by molar-refractivity contribution is 6.02. The quantitative estimate of drug-likeness (QED) is 0.471. The summed E-state index contributed by atoms with van der Waals surface area (Å²) in [6.45, 7) is 2.23. The van der Waals surface area contributed by atoms with Crippen LogP contribution in [-0.2, 0) is 9.59 Å². The molecule has 0 heterocycles. The molecule has 0 saturated carbocycles. The number of quaternary nitrogens is 1. The Morgan fingerprint density at radius 2 is 1.58 bits per heavy atom. The minimum Gasteiger partial charge on any atom is -0.338 e. The number of hydrogen-bond acceptors (Lipinski definition) is 3. The third kappa shape index (κ3) is 5.67. The van der Waals surface area contributed by atoms with E-state index in [1.807, 2.05) is 72.8 Å². The van der Waals surface area contributed by atoms with E-state index < -0.39 is 18.0 Å². The van der Waals surface area contributed by atoms with Gasteiger partial charge < -0.3 is 15.5 Å². The number of carbonyl (C=O) groups excluding carboxylic acids is 3. The van der Waals surface area contributed by atoms with Crippen LogP contribution in [0.2, 0.25) is 0 Å². The minimum atomic E-state index is -0.720. The first-order valence-electron chi connectivity index (χ1n) is 10.2. The highest BCUT2D eigenvalue weighted by Gasteiger charge is 2.31. The largest absolute Gasteiger partial charge is 0.338 e. The summed E-state index contributed by atoms with van der Waals surface area (Å²) < 4.78 is 0. The Morgan fingerprint density at radius 3 is 2.32 bits per heavy atom. The fourth-order valence-electron chi connectivity index (χ4n) is 3.58. The summed E-state index contributed by atoms with van der Waals surface area (Å²) in [5.74, 6) is -0.687. The number of anilines is 1. The maximum absolute atomic E-state index is 12.9. The van der Waals surface area contributed by atoms with Gasteiger partial charge in [0.25, 0.3) is 11.8 Å². The van der Waals surface area contributed by atoms with Crippen LogP contribution < -0.4 is 20.9 Å². The lowest BCUT2D eigenvalue weighted by atomic mass is 10.0. The van der Waals surface area contributed by atoms with Gasteiger partial charge in [-0.2, -0.15) is 0 Å². The molecule has 7 heteroatoms. The molecule has 31 heavy (non-hydrogen) atoms. The Morgan fingerprint density at radius 1 is 0.903 bits per heavy atom. The Bertz CT molecular complexity index is 1060. The summed E-state index contributed by atoms with van der Waals surface area (Å²) >= 11 is 0. The molecule has 0 aromatic heterocycles. The van der Waals surface area contributed by atoms with Crippen molar-refractivity contribution >= 4 is 34.3 Å². The van der Waals surface area contributed by atoms with Gasteiger partial charge in [0, 0.05) is 23.2 Å². The van der Waals surface area contributed by atoms with Crippen molar-refractivity contribution in [2.75, 3.05) is 25.5 Å². The van der Waals surface area contributed by atoms with Crippen LogP contribution in [0.15, 0.2) is 72.8 Å². The highest BCUT2D eigenvalue weighted by atomic mass is 16.2. The first-order chi connectivity index (χ1) is 15.0. The van der Waals surface area contributed by atoms with E-state index in [9.17, 15) is 14.4 Å². The van der Waals surface area contributed by atoms with Gasteiger partial charge in [0.1, 0.15) is 0 Å². The first-order valence-corrected chi connectivity index (χ1v) is 10.2. The van der Waals surface area contributed by atoms with Crippen LogP contribution in [0.25, 0.3) is 10.8 Å². The molecule has 0 radical (unpaired) electrons. The fourth-order valence-corrected chi connectivity index (χ4v) is 3.58. The van der Waals surface area contributed by atoms with Crippen LogP contribution in [0.3, 0.4) is 0 Å². The Hall–Kier alpha value is -3.71. The maximum atomic E-state index is 12.9. The average molecular weight is 420 g/mol. The first kappa shape index (κ1) is 22.0. The van der Waals surface area contributed by atoms with E-state index in [1.54, 1.807) is 14.0 Å². The highest BCUT2D eigenvalue weighted by Crippen LogP contribution is 2.22. The van der Waals surface area contributed by atoms with Gasteiger partial charge in [-0.3, -0.25) is 14.9 Å². The second kappa shape index (κ2) is 10.4. The summed E-state index contributed by atoms with van der Waals surface area (Å²) in [7, 11) is 1.76. The van der Waals surface area contributed by atoms with Crippen LogP contribution in [0, 0.1) is 0 Å². The zero-order valence-corrected chi connectivity index (χ0v) is 17.6. The number of likely N-dealkylation sites (N-methyl/N-ethyl adjacent to an activating group) is 1. The van der Waals surface area contributed by atoms with Crippen molar-refractivity contribution in [1.29, 1.82) is 0 Å². The number of carbonyl (C=O) groups is 3. The van der Waals surface area contributed by atoms with Crippen LogP contribution in [0.1, 0.15) is 18.5 Å². The van der Waals surface area contributed by atoms with Gasteiger partial charge in [-0.15, -0.1) is 0 Å². The molecule has 0 bridgehead atoms. The van der Waals surface area contributed by atoms with Crippen molar-refractivity contribution in [1.82, 2.24) is 10.6 Å². The number of imide groups is 1. The van der Waals surface area contributed by atoms with E-state index in [1.165, 1.54) is 0 Å². The van der Waals surface area contributed by atoms with Gasteiger partial charge in [0.2, 0.25) is 0 Å². The van der Waals surface area contributed by atoms with Crippen molar-refractivity contribution in [3.63, 3.8) is 0 Å². The predicted octanol–water partition coefficient (Wildman–Crippen LogP) is 1.88. The predicted molar refractivity (Wildman–Crippen MR) is 121 cm³/mol. The average Bonchev–Trinajstić information content (AvgIpc) is 2.75. The molecule has 2 atom stereocenters. The van der Waals surface area contributed by atoms with Crippen LogP contribution in [-0.4, -0.2) is 38.0 Å². The van der Waals surface area contributed by atoms with Gasteiger partial charge in [-0.1, -0.05) is 66.7 Å². The lowest BCUT2D eigenvalue weighted by Crippen LogP contribution is -3.11. The van der Waals surface area contributed by atoms with E-state index in [0.29, 0.717) is 11.4 Å². The monoisotopic (exact) mass is 419 g/mol. The van der Waals surface area contributed by atoms with Crippen molar-refractivity contribution in [2.24, 2.45) is 0 Å². The third-order valence-electron chi connectivity index (χ3n) is 4.97. The van der Waals surface area contributed by atoms with Crippen LogP contribution in [0.5, 0.6) is 0 Å². The fraction of sp³-hybridized carbons (Fsp3) is 0.208. The minimum absolute atomic E-state index is 0.0472. The Kier molecular flexibility index (Phi) is 7.35. The summed E-state index contributed by atoms with van der Waals surface area (Å²) in [5.41, 5.74) is 1.44. The van der Waals surface area contributed by atoms with Crippen molar-refractivity contribution < 1.29 is 19.3 Å². The molecule has 0 saturated heterocycles. The van der Waals surface area contributed by atoms with E-state index >= 15 is 0 Å². The van der Waals surface area contributed by atoms with Gasteiger partial charge >= 0.3 is 6.03 Å². The molecule has 7 nitrogen and oxygen atoms in total. The number of urea groups is 1. The van der Waals surface area contributed by atoms with E-state index in [4.69, 9.17) is 0 Å². The number of fused-ring (bicyclic) bond motifs is 1. The molecule has 3 aromatic rings. The third-order valence-corrected chi connectivity index (χ3v) is 4.97. The topological polar surface area (TPSA) is 91.7 Å². The molecule has 4 N–H and O–H groups in total. The van der Waals surface area contributed by atoms with E-state index in [2.05, 4.69) is 16.0 Å². The Balaban J connectivity index is 1.76. The van der Waals surface area contributed by atoms with Gasteiger partial charge in [-0.05, 0) is 18.4 Å². The molecule has 0 aliphatic heterocycles. The maximum Gasteiger partial charge on any atom is 0.321 e. The summed E-state index contributed by atoms with van der Waals surface area (Å²) in [6, 6.07) is 21.4. The molecule has 3 rings (SSSR count). The van der Waals surface area contributed by atoms with Crippen molar-refractivity contribution in [2.45, 2.75) is 13.0 Å². The van der Waals surface area contributed by atoms with E-state index in [-0.39, 0.29) is 12.5 Å². The van der Waals surface area contributed by atoms with Crippen LogP contribution in [0.4, 0.5) is 10.5 Å². The summed E-state index contributed by atoms with van der Waals surface area (Å²) in [6.07, 6.45) is 0. The lowest BCUT2D eigenvalue weighted by molar-refractivity contribution is -0.894. The van der Waals surface area contributed by atoms with Crippen LogP contribution >= 0.6 is 0 Å². The second-order valence-electron chi connectivity index (χ2n) is 7.29. The summed E-state index contributed by atoms with van der Waals surface area (Å²) in [4.78, 5) is 38.2. The number of amides is 4. The van der Waals surface area contributed by atoms with Crippen molar-refractivity contribution in [3.8, 4) is 0 Å². The second-order valence-corrected chi connectivity index (χ2v) is 7.29. The molecular formula is C24H27N4O3+. The van der Waals surface area contributed by atoms with Gasteiger partial charge in [0.05, 0.1) is 7.05 Å². The van der Waals surface area contributed by atoms with Crippen molar-refractivity contribution in [3.05, 3.63) is 78.4 Å². The standard InChI is InChI=1S/C24H26N4O3/c1-3-25-24(31)27-23(30)22(18-11-5-4-6-12-18)28(2)16-21(29)26-20-15-9-13-17-10-7-8-14-19(17)20/h4-15,22H,3,16H2,1-2H3,(H,26,29)(H2,25,27,30,31)/p+1/t22-/m1/s1. The molecule has 0 fully saturated rings. The lowest BCUT2D eigenvalue weighted by Gasteiger charge is -2.24. The Labute approximate surface area is 181 Å². The normalized spacial score (nSPS) is 12.6. The summed E-state index contributed by atoms with van der Waals surface area (Å²) in [5, 5.41) is 9.85. The van der Waals surface area contributed by atoms with Gasteiger partial charge in [0.15, 0.2) is 12.6 Å². The molecule has 0 spiro atoms. The number of nitrogens with one attached hydrogen (secondary N) is 4. The zero-order valence-electron chi connectivity index (χ0n) is 17.6. The molecule has 3 aromatic carbocycles. The molecule has 0 aliphatic carbocycles. The number of rotatable bonds is 7. The number of benzene rings is 3. The zero-order chi connectivity index (χ0) is 22.2. The van der Waals surface area contributed by atoms with Gasteiger partial charge in [-0.25, -0.2) is 4.79 Å². The number of hydrogen-bond donors (Lipinski definition) is 4. The molecular weight excluding hydrogens is 392 g/mol. The molecule has 4 amide bonds. The molecule has 0 aliphatic rings. The molecule has 1 unspecified atom stereocenters.